The van der Waals surface area contributed by atoms with Crippen molar-refractivity contribution in [2.45, 2.75) is 12.8 Å². The fourth-order valence-electron chi connectivity index (χ4n) is 3.47. The first-order valence-electron chi connectivity index (χ1n) is 8.23. The smallest absolute Gasteiger partial charge is 0.202 e. The van der Waals surface area contributed by atoms with Gasteiger partial charge in [0.15, 0.2) is 0 Å². The molecule has 0 unspecified atom stereocenters. The maximum atomic E-state index is 10.7. The van der Waals surface area contributed by atoms with Crippen LogP contribution in [0.2, 0.25) is 0 Å². The van der Waals surface area contributed by atoms with Gasteiger partial charge in [-0.25, -0.2) is 0 Å². The van der Waals surface area contributed by atoms with E-state index in [1.54, 1.807) is 7.11 Å². The number of aromatic nitrogens is 1. The Hall–Kier alpha value is -3.14. The summed E-state index contributed by atoms with van der Waals surface area (Å²) in [5.74, 6) is 1.01. The number of para-hydroxylation sites is 2. The highest BCUT2D eigenvalue weighted by atomic mass is 16.5. The van der Waals surface area contributed by atoms with Crippen molar-refractivity contribution in [3.63, 3.8) is 0 Å². The Labute approximate surface area is 146 Å². The highest BCUT2D eigenvalue weighted by Gasteiger charge is 2.27. The first-order valence-corrected chi connectivity index (χ1v) is 8.23. The average Bonchev–Trinajstić information content (AvgIpc) is 2.92. The van der Waals surface area contributed by atoms with Crippen LogP contribution in [0.5, 0.6) is 17.5 Å². The van der Waals surface area contributed by atoms with E-state index in [1.807, 2.05) is 54.6 Å². The number of hydrogen-bond acceptors (Lipinski definition) is 3. The number of ether oxygens (including phenoxy) is 1. The van der Waals surface area contributed by atoms with Crippen LogP contribution < -0.4 is 4.74 Å². The molecule has 0 aliphatic heterocycles. The summed E-state index contributed by atoms with van der Waals surface area (Å²) >= 11 is 0. The van der Waals surface area contributed by atoms with Gasteiger partial charge in [0.05, 0.1) is 12.8 Å². The van der Waals surface area contributed by atoms with Crippen molar-refractivity contribution in [2.24, 2.45) is 0 Å². The number of benzene rings is 2. The minimum atomic E-state index is 0.0965. The van der Waals surface area contributed by atoms with Crippen molar-refractivity contribution in [3.05, 3.63) is 77.4 Å². The molecule has 1 aromatic heterocycles. The molecule has 25 heavy (non-hydrogen) atoms. The molecule has 0 saturated heterocycles. The molecule has 0 saturated carbocycles. The zero-order valence-corrected chi connectivity index (χ0v) is 13.9. The summed E-state index contributed by atoms with van der Waals surface area (Å²) in [7, 11) is 1.66. The molecular weight excluding hydrogens is 314 g/mol. The second kappa shape index (κ2) is 6.06. The molecule has 1 aliphatic rings. The summed E-state index contributed by atoms with van der Waals surface area (Å²) in [6.45, 7) is 0. The molecule has 0 fully saturated rings. The van der Waals surface area contributed by atoms with E-state index in [9.17, 15) is 10.2 Å². The molecule has 0 amide bonds. The Morgan fingerprint density at radius 1 is 0.880 bits per heavy atom. The van der Waals surface area contributed by atoms with Crippen molar-refractivity contribution < 1.29 is 14.9 Å². The van der Waals surface area contributed by atoms with E-state index < -0.39 is 0 Å². The maximum Gasteiger partial charge on any atom is 0.202 e. The molecule has 126 valence electrons. The number of allylic oxidation sites excluding steroid dienone is 2. The lowest BCUT2D eigenvalue weighted by molar-refractivity contribution is 0.400. The van der Waals surface area contributed by atoms with E-state index in [4.69, 9.17) is 4.74 Å². The summed E-state index contributed by atoms with van der Waals surface area (Å²) in [5.41, 5.74) is 4.39. The topological polar surface area (TPSA) is 54.6 Å². The lowest BCUT2D eigenvalue weighted by Gasteiger charge is -2.16. The van der Waals surface area contributed by atoms with Crippen LogP contribution in [0.1, 0.15) is 16.7 Å². The minimum Gasteiger partial charge on any atom is -0.496 e. The number of fused-ring (bicyclic) bond motifs is 1. The third kappa shape index (κ3) is 2.47. The van der Waals surface area contributed by atoms with E-state index in [0.717, 1.165) is 33.7 Å². The molecule has 0 bridgehead atoms. The van der Waals surface area contributed by atoms with Gasteiger partial charge in [0.1, 0.15) is 5.75 Å². The second-order valence-electron chi connectivity index (χ2n) is 6.09. The van der Waals surface area contributed by atoms with E-state index in [1.165, 1.54) is 4.57 Å². The summed E-state index contributed by atoms with van der Waals surface area (Å²) in [6, 6.07) is 17.2. The summed E-state index contributed by atoms with van der Waals surface area (Å²) in [6.07, 6.45) is 3.21. The van der Waals surface area contributed by atoms with Gasteiger partial charge in [-0.05, 0) is 30.2 Å². The first-order chi connectivity index (χ1) is 12.2. The van der Waals surface area contributed by atoms with Gasteiger partial charge in [-0.15, -0.1) is 0 Å². The fraction of sp³-hybridized carbons (Fsp3) is 0.143. The van der Waals surface area contributed by atoms with Crippen molar-refractivity contribution in [1.29, 1.82) is 0 Å². The number of rotatable bonds is 3. The van der Waals surface area contributed by atoms with Gasteiger partial charge in [0, 0.05) is 23.1 Å². The number of nitrogens with zero attached hydrogens (tertiary/aromatic N) is 1. The SMILES string of the molecule is COc1ccccc1C1=CCc2c(c(O)n(-c3ccccc3)c2O)C1. The van der Waals surface area contributed by atoms with Crippen LogP contribution in [0.15, 0.2) is 60.7 Å². The number of methoxy groups -OCH3 is 1. The Balaban J connectivity index is 1.77. The van der Waals surface area contributed by atoms with E-state index in [2.05, 4.69) is 6.08 Å². The van der Waals surface area contributed by atoms with Crippen molar-refractivity contribution >= 4 is 5.57 Å². The Kier molecular flexibility index (Phi) is 3.73. The van der Waals surface area contributed by atoms with Crippen molar-refractivity contribution in [2.75, 3.05) is 7.11 Å². The van der Waals surface area contributed by atoms with Crippen molar-refractivity contribution in [3.8, 4) is 23.2 Å². The Morgan fingerprint density at radius 2 is 1.56 bits per heavy atom. The second-order valence-corrected chi connectivity index (χ2v) is 6.09. The molecular formula is C21H19NO3. The highest BCUT2D eigenvalue weighted by molar-refractivity contribution is 5.76. The van der Waals surface area contributed by atoms with E-state index in [-0.39, 0.29) is 11.8 Å². The van der Waals surface area contributed by atoms with Crippen LogP contribution in [0.3, 0.4) is 0 Å². The highest BCUT2D eigenvalue weighted by Crippen LogP contribution is 2.43. The van der Waals surface area contributed by atoms with Crippen LogP contribution in [0, 0.1) is 0 Å². The lowest BCUT2D eigenvalue weighted by atomic mass is 9.90. The third-order valence-corrected chi connectivity index (χ3v) is 4.71. The average molecular weight is 333 g/mol. The monoisotopic (exact) mass is 333 g/mol. The molecule has 1 aliphatic carbocycles. The molecule has 1 heterocycles. The number of aromatic hydroxyl groups is 2. The predicted octanol–water partition coefficient (Wildman–Crippen LogP) is 4.08. The molecule has 4 nitrogen and oxygen atoms in total. The van der Waals surface area contributed by atoms with Crippen LogP contribution >= 0.6 is 0 Å². The Bertz CT molecular complexity index is 955. The maximum absolute atomic E-state index is 10.7. The first kappa shape index (κ1) is 15.4. The van der Waals surface area contributed by atoms with Gasteiger partial charge >= 0.3 is 0 Å². The molecule has 2 aromatic carbocycles. The minimum absolute atomic E-state index is 0.0965. The molecule has 0 atom stereocenters. The van der Waals surface area contributed by atoms with Gasteiger partial charge in [-0.2, -0.15) is 0 Å². The summed E-state index contributed by atoms with van der Waals surface area (Å²) < 4.78 is 6.96. The van der Waals surface area contributed by atoms with Crippen LogP contribution in [-0.4, -0.2) is 21.9 Å². The number of hydrogen-bond donors (Lipinski definition) is 2. The standard InChI is InChI=1S/C21H19NO3/c1-25-19-10-6-5-9-16(19)14-11-12-17-18(13-14)21(24)22(20(17)23)15-7-3-2-4-8-15/h2-11,23-24H,12-13H2,1H3. The van der Waals surface area contributed by atoms with Gasteiger partial charge in [-0.1, -0.05) is 42.5 Å². The largest absolute Gasteiger partial charge is 0.496 e. The summed E-state index contributed by atoms with van der Waals surface area (Å²) in [4.78, 5) is 0. The van der Waals surface area contributed by atoms with Crippen LogP contribution in [0.4, 0.5) is 0 Å². The Morgan fingerprint density at radius 3 is 2.32 bits per heavy atom. The molecule has 4 rings (SSSR count). The third-order valence-electron chi connectivity index (χ3n) is 4.71. The van der Waals surface area contributed by atoms with Gasteiger partial charge in [0.25, 0.3) is 0 Å². The quantitative estimate of drug-likeness (QED) is 0.759. The predicted molar refractivity (Wildman–Crippen MR) is 97.5 cm³/mol. The zero-order valence-electron chi connectivity index (χ0n) is 13.9. The van der Waals surface area contributed by atoms with Crippen molar-refractivity contribution in [1.82, 2.24) is 4.57 Å². The van der Waals surface area contributed by atoms with Crippen LogP contribution in [0.25, 0.3) is 11.3 Å². The summed E-state index contributed by atoms with van der Waals surface area (Å²) in [5, 5.41) is 21.4. The lowest BCUT2D eigenvalue weighted by Crippen LogP contribution is -2.02. The van der Waals surface area contributed by atoms with Gasteiger partial charge in [0.2, 0.25) is 11.8 Å². The molecule has 3 aromatic rings. The van der Waals surface area contributed by atoms with E-state index >= 15 is 0 Å². The molecule has 4 heteroatoms. The zero-order chi connectivity index (χ0) is 17.4. The molecule has 0 radical (unpaired) electrons. The van der Waals surface area contributed by atoms with Gasteiger partial charge < -0.3 is 14.9 Å². The molecule has 0 spiro atoms. The van der Waals surface area contributed by atoms with E-state index in [0.29, 0.717) is 12.8 Å². The molecule has 2 N–H and O–H groups in total. The van der Waals surface area contributed by atoms with Crippen LogP contribution in [-0.2, 0) is 12.8 Å². The van der Waals surface area contributed by atoms with Gasteiger partial charge in [-0.3, -0.25) is 4.57 Å². The fourth-order valence-corrected chi connectivity index (χ4v) is 3.47. The normalized spacial score (nSPS) is 13.2.